The number of hydrogen-bond donors (Lipinski definition) is 1. The van der Waals surface area contributed by atoms with Gasteiger partial charge in [0.15, 0.2) is 0 Å². The lowest BCUT2D eigenvalue weighted by molar-refractivity contribution is -0.125. The van der Waals surface area contributed by atoms with Gasteiger partial charge in [-0.2, -0.15) is 8.78 Å². The molecule has 146 valence electrons. The number of nitrogens with one attached hydrogen (secondary N) is 1. The van der Waals surface area contributed by atoms with Crippen LogP contribution in [-0.4, -0.2) is 37.6 Å². The van der Waals surface area contributed by atoms with E-state index in [9.17, 15) is 13.6 Å². The van der Waals surface area contributed by atoms with Gasteiger partial charge in [0, 0.05) is 13.1 Å². The monoisotopic (exact) mass is 378 g/mol. The largest absolute Gasteiger partial charge is 0.497 e. The van der Waals surface area contributed by atoms with Gasteiger partial charge in [-0.25, -0.2) is 0 Å². The molecule has 0 radical (unpaired) electrons. The summed E-state index contributed by atoms with van der Waals surface area (Å²) in [6.45, 7) is -0.113. The first-order valence-corrected chi connectivity index (χ1v) is 8.53. The molecule has 2 aromatic carbocycles. The molecule has 1 N–H and O–H groups in total. The van der Waals surface area contributed by atoms with Crippen molar-refractivity contribution in [3.63, 3.8) is 0 Å². The van der Waals surface area contributed by atoms with Crippen molar-refractivity contribution in [1.82, 2.24) is 10.2 Å². The molecule has 0 saturated heterocycles. The van der Waals surface area contributed by atoms with E-state index in [0.29, 0.717) is 13.1 Å². The topological polar surface area (TPSA) is 50.8 Å². The zero-order valence-corrected chi connectivity index (χ0v) is 15.6. The van der Waals surface area contributed by atoms with Gasteiger partial charge in [0.25, 0.3) is 0 Å². The van der Waals surface area contributed by atoms with Gasteiger partial charge in [0.1, 0.15) is 11.5 Å². The Morgan fingerprint density at radius 1 is 1.11 bits per heavy atom. The summed E-state index contributed by atoms with van der Waals surface area (Å²) in [6.07, 6.45) is 0. The minimum Gasteiger partial charge on any atom is -0.497 e. The smallest absolute Gasteiger partial charge is 0.387 e. The maximum absolute atomic E-state index is 12.4. The summed E-state index contributed by atoms with van der Waals surface area (Å²) < 4.78 is 33.9. The molecular weight excluding hydrogens is 354 g/mol. The maximum Gasteiger partial charge on any atom is 0.387 e. The van der Waals surface area contributed by atoms with Crippen LogP contribution in [0.5, 0.6) is 11.5 Å². The van der Waals surface area contributed by atoms with Gasteiger partial charge in [-0.3, -0.25) is 9.69 Å². The van der Waals surface area contributed by atoms with Crippen LogP contribution in [0.1, 0.15) is 18.1 Å². The third-order valence-electron chi connectivity index (χ3n) is 4.22. The number of amides is 1. The second-order valence-electron chi connectivity index (χ2n) is 6.18. The van der Waals surface area contributed by atoms with Gasteiger partial charge in [0.05, 0.1) is 13.2 Å². The number of carbonyl (C=O) groups excluding carboxylic acids is 1. The van der Waals surface area contributed by atoms with E-state index in [1.807, 2.05) is 43.1 Å². The molecule has 0 aromatic heterocycles. The van der Waals surface area contributed by atoms with E-state index in [4.69, 9.17) is 4.74 Å². The SMILES string of the molecule is COc1cccc(CNC(=O)C(C)N(C)Cc2ccc(OC(F)F)cc2)c1. The number of halogens is 2. The van der Waals surface area contributed by atoms with E-state index in [1.165, 1.54) is 12.1 Å². The third-order valence-corrected chi connectivity index (χ3v) is 4.22. The second-order valence-corrected chi connectivity index (χ2v) is 6.18. The van der Waals surface area contributed by atoms with Crippen LogP contribution in [-0.2, 0) is 17.9 Å². The minimum absolute atomic E-state index is 0.0991. The predicted octanol–water partition coefficient (Wildman–Crippen LogP) is 3.43. The van der Waals surface area contributed by atoms with Crippen molar-refractivity contribution in [3.05, 3.63) is 59.7 Å². The molecule has 0 aliphatic heterocycles. The molecule has 2 aromatic rings. The molecular formula is C20H24F2N2O3. The van der Waals surface area contributed by atoms with Crippen molar-refractivity contribution in [2.75, 3.05) is 14.2 Å². The standard InChI is InChI=1S/C20H24F2N2O3/c1-14(19(25)23-12-16-5-4-6-18(11-16)26-3)24(2)13-15-7-9-17(10-8-15)27-20(21)22/h4-11,14,20H,12-13H2,1-3H3,(H,23,25). The first kappa shape index (κ1) is 20.6. The molecule has 0 fully saturated rings. The average molecular weight is 378 g/mol. The maximum atomic E-state index is 12.4. The number of ether oxygens (including phenoxy) is 2. The third kappa shape index (κ3) is 6.53. The van der Waals surface area contributed by atoms with Crippen molar-refractivity contribution in [3.8, 4) is 11.5 Å². The number of alkyl halides is 2. The van der Waals surface area contributed by atoms with Crippen molar-refractivity contribution in [2.24, 2.45) is 0 Å². The van der Waals surface area contributed by atoms with Crippen LogP contribution in [0.3, 0.4) is 0 Å². The molecule has 0 bridgehead atoms. The number of rotatable bonds is 9. The van der Waals surface area contributed by atoms with E-state index >= 15 is 0 Å². The highest BCUT2D eigenvalue weighted by atomic mass is 19.3. The summed E-state index contributed by atoms with van der Waals surface area (Å²) >= 11 is 0. The van der Waals surface area contributed by atoms with Crippen LogP contribution in [0.15, 0.2) is 48.5 Å². The summed E-state index contributed by atoms with van der Waals surface area (Å²) in [5, 5.41) is 2.91. The van der Waals surface area contributed by atoms with Gasteiger partial charge in [-0.05, 0) is 49.4 Å². The van der Waals surface area contributed by atoms with E-state index in [2.05, 4.69) is 10.1 Å². The number of methoxy groups -OCH3 is 1. The molecule has 1 atom stereocenters. The van der Waals surface area contributed by atoms with Crippen molar-refractivity contribution >= 4 is 5.91 Å². The van der Waals surface area contributed by atoms with Crippen LogP contribution in [0.2, 0.25) is 0 Å². The summed E-state index contributed by atoms with van der Waals surface area (Å²) in [7, 11) is 3.43. The molecule has 0 aliphatic carbocycles. The van der Waals surface area contributed by atoms with Crippen LogP contribution in [0, 0.1) is 0 Å². The van der Waals surface area contributed by atoms with Gasteiger partial charge >= 0.3 is 6.61 Å². The van der Waals surface area contributed by atoms with Crippen LogP contribution < -0.4 is 14.8 Å². The highest BCUT2D eigenvalue weighted by molar-refractivity contribution is 5.81. The fraction of sp³-hybridized carbons (Fsp3) is 0.350. The summed E-state index contributed by atoms with van der Waals surface area (Å²) in [4.78, 5) is 14.3. The molecule has 5 nitrogen and oxygen atoms in total. The Kier molecular flexibility index (Phi) is 7.55. The van der Waals surface area contributed by atoms with Crippen molar-refractivity contribution in [2.45, 2.75) is 32.7 Å². The first-order valence-electron chi connectivity index (χ1n) is 8.53. The number of hydrogen-bond acceptors (Lipinski definition) is 4. The van der Waals surface area contributed by atoms with Gasteiger partial charge in [-0.1, -0.05) is 24.3 Å². The fourth-order valence-corrected chi connectivity index (χ4v) is 2.52. The Bertz CT molecular complexity index is 738. The average Bonchev–Trinajstić information content (AvgIpc) is 2.66. The zero-order valence-electron chi connectivity index (χ0n) is 15.6. The van der Waals surface area contributed by atoms with Crippen LogP contribution in [0.4, 0.5) is 8.78 Å². The Morgan fingerprint density at radius 3 is 2.44 bits per heavy atom. The molecule has 27 heavy (non-hydrogen) atoms. The highest BCUT2D eigenvalue weighted by Crippen LogP contribution is 2.16. The van der Waals surface area contributed by atoms with E-state index < -0.39 is 6.61 Å². The fourth-order valence-electron chi connectivity index (χ4n) is 2.52. The quantitative estimate of drug-likeness (QED) is 0.726. The van der Waals surface area contributed by atoms with Gasteiger partial charge < -0.3 is 14.8 Å². The highest BCUT2D eigenvalue weighted by Gasteiger charge is 2.18. The van der Waals surface area contributed by atoms with E-state index in [0.717, 1.165) is 16.9 Å². The number of likely N-dealkylation sites (N-methyl/N-ethyl adjacent to an activating group) is 1. The lowest BCUT2D eigenvalue weighted by Gasteiger charge is -2.24. The van der Waals surface area contributed by atoms with E-state index in [1.54, 1.807) is 19.2 Å². The summed E-state index contributed by atoms with van der Waals surface area (Å²) in [5.41, 5.74) is 1.85. The number of nitrogens with zero attached hydrogens (tertiary/aromatic N) is 1. The molecule has 0 saturated carbocycles. The predicted molar refractivity (Wildman–Crippen MR) is 98.8 cm³/mol. The number of benzene rings is 2. The van der Waals surface area contributed by atoms with E-state index in [-0.39, 0.29) is 17.7 Å². The molecule has 0 heterocycles. The lowest BCUT2D eigenvalue weighted by atomic mass is 10.1. The summed E-state index contributed by atoms with van der Waals surface area (Å²) in [6, 6.07) is 13.5. The first-order chi connectivity index (χ1) is 12.9. The van der Waals surface area contributed by atoms with Gasteiger partial charge in [-0.15, -0.1) is 0 Å². The lowest BCUT2D eigenvalue weighted by Crippen LogP contribution is -2.42. The Balaban J connectivity index is 1.86. The molecule has 7 heteroatoms. The molecule has 1 amide bonds. The van der Waals surface area contributed by atoms with Crippen LogP contribution in [0.25, 0.3) is 0 Å². The molecule has 2 rings (SSSR count). The summed E-state index contributed by atoms with van der Waals surface area (Å²) in [5.74, 6) is 0.754. The van der Waals surface area contributed by atoms with Crippen molar-refractivity contribution in [1.29, 1.82) is 0 Å². The zero-order chi connectivity index (χ0) is 19.8. The molecule has 0 spiro atoms. The second kappa shape index (κ2) is 9.87. The number of carbonyl (C=O) groups is 1. The molecule has 1 unspecified atom stereocenters. The van der Waals surface area contributed by atoms with Gasteiger partial charge in [0.2, 0.25) is 5.91 Å². The Morgan fingerprint density at radius 2 is 1.81 bits per heavy atom. The molecule has 0 aliphatic rings. The Labute approximate surface area is 157 Å². The Hall–Kier alpha value is -2.67. The van der Waals surface area contributed by atoms with Crippen LogP contribution >= 0.6 is 0 Å². The minimum atomic E-state index is -2.84. The van der Waals surface area contributed by atoms with Crippen molar-refractivity contribution < 1.29 is 23.0 Å². The normalized spacial score (nSPS) is 12.1.